The van der Waals surface area contributed by atoms with Crippen molar-refractivity contribution >= 4 is 11.7 Å². The molecule has 25 heavy (non-hydrogen) atoms. The van der Waals surface area contributed by atoms with Gasteiger partial charge in [-0.3, -0.25) is 4.68 Å². The maximum Gasteiger partial charge on any atom is 0.319 e. The highest BCUT2D eigenvalue weighted by Crippen LogP contribution is 2.23. The van der Waals surface area contributed by atoms with Gasteiger partial charge in [-0.2, -0.15) is 5.10 Å². The Morgan fingerprint density at radius 1 is 1.28 bits per heavy atom. The van der Waals surface area contributed by atoms with Gasteiger partial charge in [0.15, 0.2) is 0 Å². The Morgan fingerprint density at radius 2 is 2.12 bits per heavy atom. The summed E-state index contributed by atoms with van der Waals surface area (Å²) < 4.78 is 3.21. The molecule has 0 aliphatic rings. The number of benzene rings is 1. The van der Waals surface area contributed by atoms with E-state index in [0.717, 1.165) is 16.8 Å². The molecule has 0 saturated carbocycles. The van der Waals surface area contributed by atoms with Gasteiger partial charge in [0.05, 0.1) is 12.2 Å². The van der Waals surface area contributed by atoms with E-state index in [-0.39, 0.29) is 12.1 Å². The van der Waals surface area contributed by atoms with Gasteiger partial charge in [0.2, 0.25) is 0 Å². The van der Waals surface area contributed by atoms with E-state index in [0.29, 0.717) is 12.2 Å². The average Bonchev–Trinajstić information content (AvgIpc) is 3.24. The summed E-state index contributed by atoms with van der Waals surface area (Å²) in [5, 5.41) is 20.9. The summed E-state index contributed by atoms with van der Waals surface area (Å²) in [7, 11) is 0. The van der Waals surface area contributed by atoms with Crippen LogP contribution in [0.25, 0.3) is 5.69 Å². The third-order valence-corrected chi connectivity index (χ3v) is 3.82. The fourth-order valence-corrected chi connectivity index (χ4v) is 2.42. The minimum atomic E-state index is -0.288. The van der Waals surface area contributed by atoms with Crippen LogP contribution in [-0.4, -0.2) is 47.0 Å². The van der Waals surface area contributed by atoms with Crippen LogP contribution in [0.4, 0.5) is 10.5 Å². The zero-order chi connectivity index (χ0) is 17.8. The van der Waals surface area contributed by atoms with E-state index in [9.17, 15) is 4.79 Å². The Kier molecular flexibility index (Phi) is 4.68. The lowest BCUT2D eigenvalue weighted by Gasteiger charge is -2.17. The zero-order valence-electron chi connectivity index (χ0n) is 14.2. The van der Waals surface area contributed by atoms with Gasteiger partial charge in [0.1, 0.15) is 19.0 Å². The number of aromatic nitrogens is 7. The number of hydrogen-bond acceptors (Lipinski definition) is 6. The summed E-state index contributed by atoms with van der Waals surface area (Å²) >= 11 is 0. The molecule has 0 bridgehead atoms. The summed E-state index contributed by atoms with van der Waals surface area (Å²) in [6.07, 6.45) is 4.58. The predicted molar refractivity (Wildman–Crippen MR) is 90.3 cm³/mol. The molecule has 10 nitrogen and oxygen atoms in total. The van der Waals surface area contributed by atoms with Crippen LogP contribution >= 0.6 is 0 Å². The van der Waals surface area contributed by atoms with Crippen LogP contribution in [0.5, 0.6) is 0 Å². The molecule has 2 aromatic heterocycles. The molecule has 0 fully saturated rings. The smallest absolute Gasteiger partial charge is 0.319 e. The number of carbonyl (C=O) groups is 1. The Hall–Kier alpha value is -3.30. The zero-order valence-corrected chi connectivity index (χ0v) is 14.2. The van der Waals surface area contributed by atoms with Gasteiger partial charge >= 0.3 is 6.03 Å². The highest BCUT2D eigenvalue weighted by Gasteiger charge is 2.12. The summed E-state index contributed by atoms with van der Waals surface area (Å²) in [5.41, 5.74) is 3.49. The SMILES string of the molecule is Cc1cc(-n2cnnn2)cc(NC(=O)N[C@H](C)Cn2cncn2)c1C. The monoisotopic (exact) mass is 341 g/mol. The molecule has 10 heteroatoms. The Balaban J connectivity index is 1.70. The van der Waals surface area contributed by atoms with Gasteiger partial charge in [-0.05, 0) is 54.5 Å². The van der Waals surface area contributed by atoms with E-state index < -0.39 is 0 Å². The lowest BCUT2D eigenvalue weighted by Crippen LogP contribution is -2.38. The molecule has 2 N–H and O–H groups in total. The van der Waals surface area contributed by atoms with Gasteiger partial charge in [0, 0.05) is 11.7 Å². The second kappa shape index (κ2) is 7.07. The topological polar surface area (TPSA) is 115 Å². The molecule has 0 spiro atoms. The van der Waals surface area contributed by atoms with Crippen LogP contribution < -0.4 is 10.6 Å². The number of carbonyl (C=O) groups excluding carboxylic acids is 1. The number of anilines is 1. The normalized spacial score (nSPS) is 12.0. The van der Waals surface area contributed by atoms with Crippen molar-refractivity contribution < 1.29 is 4.79 Å². The number of hydrogen-bond donors (Lipinski definition) is 2. The highest BCUT2D eigenvalue weighted by molar-refractivity contribution is 5.90. The first-order chi connectivity index (χ1) is 12.0. The molecule has 2 amide bonds. The average molecular weight is 341 g/mol. The molecule has 3 rings (SSSR count). The fourth-order valence-electron chi connectivity index (χ4n) is 2.42. The van der Waals surface area contributed by atoms with Crippen LogP contribution in [0.3, 0.4) is 0 Å². The molecule has 130 valence electrons. The van der Waals surface area contributed by atoms with E-state index in [1.165, 1.54) is 12.7 Å². The van der Waals surface area contributed by atoms with Crippen molar-refractivity contribution in [2.24, 2.45) is 0 Å². The molecule has 2 heterocycles. The standard InChI is InChI=1S/C15H19N9O/c1-10-4-13(24-9-17-21-22-24)5-14(12(10)3)20-15(25)19-11(2)6-23-8-16-7-18-23/h4-5,7-9,11H,6H2,1-3H3,(H2,19,20,25)/t11-/m1/s1. The van der Waals surface area contributed by atoms with Crippen molar-refractivity contribution in [3.63, 3.8) is 0 Å². The first kappa shape index (κ1) is 16.6. The minimum absolute atomic E-state index is 0.106. The Labute approximate surface area is 144 Å². The first-order valence-corrected chi connectivity index (χ1v) is 7.77. The molecule has 0 unspecified atom stereocenters. The second-order valence-electron chi connectivity index (χ2n) is 5.81. The third-order valence-electron chi connectivity index (χ3n) is 3.82. The molecular formula is C15H19N9O. The minimum Gasteiger partial charge on any atom is -0.334 e. The summed E-state index contributed by atoms with van der Waals surface area (Å²) in [4.78, 5) is 16.2. The maximum atomic E-state index is 12.3. The maximum absolute atomic E-state index is 12.3. The molecule has 1 aromatic carbocycles. The molecule has 0 saturated heterocycles. The number of tetrazole rings is 1. The first-order valence-electron chi connectivity index (χ1n) is 7.77. The fraction of sp³-hybridized carbons (Fsp3) is 0.333. The number of urea groups is 1. The summed E-state index contributed by atoms with van der Waals surface area (Å²) in [6, 6.07) is 3.40. The van der Waals surface area contributed by atoms with Crippen molar-refractivity contribution in [3.05, 3.63) is 42.2 Å². The van der Waals surface area contributed by atoms with Crippen molar-refractivity contribution in [1.82, 2.24) is 40.3 Å². The molecule has 1 atom stereocenters. The van der Waals surface area contributed by atoms with Crippen molar-refractivity contribution in [2.75, 3.05) is 5.32 Å². The number of nitrogens with one attached hydrogen (secondary N) is 2. The molecular weight excluding hydrogens is 322 g/mol. The van der Waals surface area contributed by atoms with Crippen LogP contribution in [0.1, 0.15) is 18.1 Å². The van der Waals surface area contributed by atoms with Crippen molar-refractivity contribution in [2.45, 2.75) is 33.4 Å². The lowest BCUT2D eigenvalue weighted by molar-refractivity contribution is 0.247. The largest absolute Gasteiger partial charge is 0.334 e. The van der Waals surface area contributed by atoms with Gasteiger partial charge in [-0.1, -0.05) is 0 Å². The molecule has 3 aromatic rings. The number of amides is 2. The van der Waals surface area contributed by atoms with Crippen molar-refractivity contribution in [3.8, 4) is 5.69 Å². The van der Waals surface area contributed by atoms with E-state index in [1.807, 2.05) is 32.9 Å². The highest BCUT2D eigenvalue weighted by atomic mass is 16.2. The van der Waals surface area contributed by atoms with E-state index >= 15 is 0 Å². The number of aryl methyl sites for hydroxylation is 1. The molecule has 0 radical (unpaired) electrons. The molecule has 0 aliphatic heterocycles. The second-order valence-corrected chi connectivity index (χ2v) is 5.81. The van der Waals surface area contributed by atoms with Crippen LogP contribution in [-0.2, 0) is 6.54 Å². The van der Waals surface area contributed by atoms with Crippen molar-refractivity contribution in [1.29, 1.82) is 0 Å². The van der Waals surface area contributed by atoms with Crippen LogP contribution in [0, 0.1) is 13.8 Å². The quantitative estimate of drug-likeness (QED) is 0.717. The van der Waals surface area contributed by atoms with E-state index in [4.69, 9.17) is 0 Å². The van der Waals surface area contributed by atoms with Crippen LogP contribution in [0.15, 0.2) is 31.1 Å². The third kappa shape index (κ3) is 3.97. The van der Waals surface area contributed by atoms with Gasteiger partial charge in [-0.15, -0.1) is 5.10 Å². The number of rotatable bonds is 5. The predicted octanol–water partition coefficient (Wildman–Crippen LogP) is 1.08. The van der Waals surface area contributed by atoms with E-state index in [2.05, 4.69) is 36.2 Å². The molecule has 0 aliphatic carbocycles. The van der Waals surface area contributed by atoms with Gasteiger partial charge in [-0.25, -0.2) is 14.5 Å². The van der Waals surface area contributed by atoms with Crippen LogP contribution in [0.2, 0.25) is 0 Å². The Morgan fingerprint density at radius 3 is 2.80 bits per heavy atom. The Bertz CT molecular complexity index is 842. The van der Waals surface area contributed by atoms with Gasteiger partial charge in [0.25, 0.3) is 0 Å². The van der Waals surface area contributed by atoms with Gasteiger partial charge < -0.3 is 10.6 Å². The lowest BCUT2D eigenvalue weighted by atomic mass is 10.1. The number of nitrogens with zero attached hydrogens (tertiary/aromatic N) is 7. The summed E-state index contributed by atoms with van der Waals surface area (Å²) in [5.74, 6) is 0. The van der Waals surface area contributed by atoms with E-state index in [1.54, 1.807) is 15.7 Å². The summed E-state index contributed by atoms with van der Waals surface area (Å²) in [6.45, 7) is 6.36.